The summed E-state index contributed by atoms with van der Waals surface area (Å²) in [6, 6.07) is 0. The maximum atomic E-state index is 2.57. The zero-order chi connectivity index (χ0) is 10.9. The molecule has 0 nitrogen and oxygen atoms in total. The lowest BCUT2D eigenvalue weighted by Gasteiger charge is -2.31. The molecule has 1 aliphatic rings. The first-order valence-corrected chi connectivity index (χ1v) is 7.75. The smallest absolute Gasteiger partial charge is 0.000657 e. The van der Waals surface area contributed by atoms with E-state index in [0.717, 1.165) is 23.2 Å². The fourth-order valence-corrected chi connectivity index (χ4v) is 4.60. The summed E-state index contributed by atoms with van der Waals surface area (Å²) in [6.07, 6.45) is 3.91. The molecule has 0 fully saturated rings. The van der Waals surface area contributed by atoms with Gasteiger partial charge in [0.05, 0.1) is 0 Å². The molecule has 1 rings (SSSR count). The fraction of sp³-hybridized carbons (Fsp3) is 0.846. The molecule has 82 valence electrons. The normalized spacial score (nSPS) is 29.9. The van der Waals surface area contributed by atoms with Gasteiger partial charge in [0.1, 0.15) is 0 Å². The summed E-state index contributed by atoms with van der Waals surface area (Å²) in [5.74, 6) is 1.77. The Morgan fingerprint density at radius 2 is 1.86 bits per heavy atom. The average Bonchev–Trinajstić information content (AvgIpc) is 2.45. The molecule has 0 saturated heterocycles. The predicted octanol–water partition coefficient (Wildman–Crippen LogP) is 4.50. The van der Waals surface area contributed by atoms with Crippen LogP contribution in [0.1, 0.15) is 41.0 Å². The minimum Gasteiger partial charge on any atom is -0.0999 e. The third kappa shape index (κ3) is 2.60. The summed E-state index contributed by atoms with van der Waals surface area (Å²) >= 11 is 0. The van der Waals surface area contributed by atoms with Gasteiger partial charge in [0.15, 0.2) is 0 Å². The Morgan fingerprint density at radius 1 is 1.29 bits per heavy atom. The summed E-state index contributed by atoms with van der Waals surface area (Å²) in [4.78, 5) is 0. The van der Waals surface area contributed by atoms with Crippen LogP contribution in [0.5, 0.6) is 0 Å². The van der Waals surface area contributed by atoms with E-state index >= 15 is 0 Å². The van der Waals surface area contributed by atoms with Gasteiger partial charge in [-0.05, 0) is 37.5 Å². The van der Waals surface area contributed by atoms with Crippen LogP contribution in [0.4, 0.5) is 0 Å². The second-order valence-electron chi connectivity index (χ2n) is 5.37. The molecule has 0 spiro atoms. The lowest BCUT2D eigenvalue weighted by Crippen LogP contribution is -2.20. The van der Waals surface area contributed by atoms with E-state index in [4.69, 9.17) is 0 Å². The predicted molar refractivity (Wildman–Crippen MR) is 68.5 cm³/mol. The third-order valence-electron chi connectivity index (χ3n) is 3.59. The van der Waals surface area contributed by atoms with E-state index < -0.39 is 0 Å². The largest absolute Gasteiger partial charge is 0.0999 e. The van der Waals surface area contributed by atoms with Crippen LogP contribution >= 0.6 is 7.92 Å². The second-order valence-corrected chi connectivity index (χ2v) is 8.33. The lowest BCUT2D eigenvalue weighted by molar-refractivity contribution is 0.409. The molecule has 3 unspecified atom stereocenters. The van der Waals surface area contributed by atoms with Crippen molar-refractivity contribution in [3.05, 3.63) is 11.6 Å². The van der Waals surface area contributed by atoms with Gasteiger partial charge in [-0.15, -0.1) is 0 Å². The number of rotatable bonds is 3. The Morgan fingerprint density at radius 3 is 2.29 bits per heavy atom. The van der Waals surface area contributed by atoms with Crippen molar-refractivity contribution >= 4 is 7.92 Å². The quantitative estimate of drug-likeness (QED) is 0.477. The minimum atomic E-state index is 0.185. The van der Waals surface area contributed by atoms with E-state index in [2.05, 4.69) is 47.4 Å². The van der Waals surface area contributed by atoms with Gasteiger partial charge in [-0.25, -0.2) is 0 Å². The van der Waals surface area contributed by atoms with E-state index in [-0.39, 0.29) is 7.92 Å². The molecule has 0 N–H and O–H groups in total. The fourth-order valence-electron chi connectivity index (χ4n) is 2.37. The molecule has 3 atom stereocenters. The molecule has 0 bridgehead atoms. The maximum Gasteiger partial charge on any atom is 0.000657 e. The first-order chi connectivity index (χ1) is 6.43. The molecule has 0 aromatic heterocycles. The van der Waals surface area contributed by atoms with Crippen LogP contribution in [0.25, 0.3) is 0 Å². The van der Waals surface area contributed by atoms with Crippen LogP contribution < -0.4 is 0 Å². The Hall–Kier alpha value is 0.170. The highest BCUT2D eigenvalue weighted by Gasteiger charge is 2.32. The van der Waals surface area contributed by atoms with Gasteiger partial charge in [0.25, 0.3) is 0 Å². The van der Waals surface area contributed by atoms with Crippen LogP contribution in [0.15, 0.2) is 11.6 Å². The highest BCUT2D eigenvalue weighted by Crippen LogP contribution is 2.52. The molecular weight excluding hydrogens is 187 g/mol. The number of hydrogen-bond acceptors (Lipinski definition) is 0. The highest BCUT2D eigenvalue weighted by molar-refractivity contribution is 7.58. The minimum absolute atomic E-state index is 0.185. The Kier molecular flexibility index (Phi) is 4.19. The number of hydrogen-bond donors (Lipinski definition) is 0. The van der Waals surface area contributed by atoms with Crippen molar-refractivity contribution in [2.75, 3.05) is 6.66 Å². The second kappa shape index (κ2) is 4.79. The van der Waals surface area contributed by atoms with Crippen LogP contribution in [-0.4, -0.2) is 18.0 Å². The summed E-state index contributed by atoms with van der Waals surface area (Å²) < 4.78 is 0. The molecule has 14 heavy (non-hydrogen) atoms. The van der Waals surface area contributed by atoms with Gasteiger partial charge in [0, 0.05) is 5.66 Å². The van der Waals surface area contributed by atoms with Gasteiger partial charge in [-0.2, -0.15) is 0 Å². The molecular formula is C13H25P. The molecule has 1 aliphatic carbocycles. The van der Waals surface area contributed by atoms with Gasteiger partial charge >= 0.3 is 0 Å². The van der Waals surface area contributed by atoms with Gasteiger partial charge in [-0.1, -0.05) is 47.3 Å². The van der Waals surface area contributed by atoms with Crippen molar-refractivity contribution < 1.29 is 0 Å². The average molecular weight is 212 g/mol. The Balaban J connectivity index is 2.74. The SMILES string of the molecule is CC1=CC(P(C)C(C)C)C(C(C)C)C1. The zero-order valence-electron chi connectivity index (χ0n) is 10.5. The molecule has 0 radical (unpaired) electrons. The van der Waals surface area contributed by atoms with Crippen molar-refractivity contribution in [3.8, 4) is 0 Å². The van der Waals surface area contributed by atoms with Crippen molar-refractivity contribution in [3.63, 3.8) is 0 Å². The molecule has 0 aromatic rings. The van der Waals surface area contributed by atoms with Gasteiger partial charge < -0.3 is 0 Å². The van der Waals surface area contributed by atoms with E-state index in [1.54, 1.807) is 5.57 Å². The molecule has 0 aromatic carbocycles. The van der Waals surface area contributed by atoms with Crippen molar-refractivity contribution in [2.24, 2.45) is 11.8 Å². The summed E-state index contributed by atoms with van der Waals surface area (Å²) in [6.45, 7) is 14.3. The van der Waals surface area contributed by atoms with E-state index in [0.29, 0.717) is 0 Å². The molecule has 0 heterocycles. The summed E-state index contributed by atoms with van der Waals surface area (Å²) in [5, 5.41) is 0. The molecule has 0 saturated carbocycles. The Labute approximate surface area is 90.9 Å². The Bertz CT molecular complexity index is 215. The summed E-state index contributed by atoms with van der Waals surface area (Å²) in [5.41, 5.74) is 3.40. The van der Waals surface area contributed by atoms with Gasteiger partial charge in [0.2, 0.25) is 0 Å². The first kappa shape index (κ1) is 12.2. The first-order valence-electron chi connectivity index (χ1n) is 5.82. The van der Waals surface area contributed by atoms with E-state index in [9.17, 15) is 0 Å². The van der Waals surface area contributed by atoms with Crippen LogP contribution in [0.3, 0.4) is 0 Å². The zero-order valence-corrected chi connectivity index (χ0v) is 11.4. The van der Waals surface area contributed by atoms with Crippen LogP contribution in [0.2, 0.25) is 0 Å². The molecule has 1 heteroatoms. The molecule has 0 aliphatic heterocycles. The topological polar surface area (TPSA) is 0 Å². The van der Waals surface area contributed by atoms with Gasteiger partial charge in [-0.3, -0.25) is 0 Å². The van der Waals surface area contributed by atoms with Crippen LogP contribution in [-0.2, 0) is 0 Å². The standard InChI is InChI=1S/C13H25P/c1-9(2)12-7-11(5)8-13(12)14(6)10(3)4/h8-10,12-13H,7H2,1-6H3. The van der Waals surface area contributed by atoms with Crippen molar-refractivity contribution in [1.29, 1.82) is 0 Å². The monoisotopic (exact) mass is 212 g/mol. The van der Waals surface area contributed by atoms with E-state index in [1.807, 2.05) is 0 Å². The highest BCUT2D eigenvalue weighted by atomic mass is 31.1. The van der Waals surface area contributed by atoms with Crippen molar-refractivity contribution in [2.45, 2.75) is 52.4 Å². The molecule has 0 amide bonds. The van der Waals surface area contributed by atoms with E-state index in [1.165, 1.54) is 6.42 Å². The lowest BCUT2D eigenvalue weighted by atomic mass is 9.92. The summed E-state index contributed by atoms with van der Waals surface area (Å²) in [7, 11) is 0.185. The number of allylic oxidation sites excluding steroid dienone is 2. The maximum absolute atomic E-state index is 2.57. The van der Waals surface area contributed by atoms with Crippen LogP contribution in [0, 0.1) is 11.8 Å². The third-order valence-corrected chi connectivity index (χ3v) is 6.69. The van der Waals surface area contributed by atoms with Crippen molar-refractivity contribution in [1.82, 2.24) is 0 Å².